The van der Waals surface area contributed by atoms with E-state index in [2.05, 4.69) is 58.4 Å². The molecule has 0 saturated heterocycles. The maximum atomic E-state index is 5.69. The molecule has 2 unspecified atom stereocenters. The van der Waals surface area contributed by atoms with E-state index in [1.807, 2.05) is 18.2 Å². The minimum Gasteiger partial charge on any atom is -0.499 e. The Morgan fingerprint density at radius 3 is 2.57 bits per heavy atom. The lowest BCUT2D eigenvalue weighted by Crippen LogP contribution is -2.38. The Hall–Kier alpha value is -1.58. The molecule has 0 heterocycles. The molecule has 0 saturated carbocycles. The zero-order valence-electron chi connectivity index (χ0n) is 12.0. The third kappa shape index (κ3) is 2.21. The molecule has 3 rings (SSSR count). The molecule has 3 heteroatoms. The molecule has 2 atom stereocenters. The fourth-order valence-electron chi connectivity index (χ4n) is 2.92. The summed E-state index contributed by atoms with van der Waals surface area (Å²) in [5.74, 6) is 0.841. The Kier molecular flexibility index (Phi) is 3.87. The van der Waals surface area contributed by atoms with Crippen LogP contribution in [0.2, 0.25) is 0 Å². The summed E-state index contributed by atoms with van der Waals surface area (Å²) in [4.78, 5) is 0. The third-order valence-electron chi connectivity index (χ3n) is 3.94. The van der Waals surface area contributed by atoms with Gasteiger partial charge in [0.1, 0.15) is 16.2 Å². The molecule has 108 valence electrons. The highest BCUT2D eigenvalue weighted by Gasteiger charge is 2.44. The normalized spacial score (nSPS) is 24.9. The second kappa shape index (κ2) is 5.66. The number of ether oxygens (including phenoxy) is 2. The fourth-order valence-corrected chi connectivity index (χ4v) is 3.90. The molecule has 1 aliphatic rings. The van der Waals surface area contributed by atoms with Gasteiger partial charge < -0.3 is 9.47 Å². The summed E-state index contributed by atoms with van der Waals surface area (Å²) in [5.41, 5.74) is 1.14. The summed E-state index contributed by atoms with van der Waals surface area (Å²) in [6.07, 6.45) is 5.85. The van der Waals surface area contributed by atoms with E-state index in [1.54, 1.807) is 14.2 Å². The van der Waals surface area contributed by atoms with E-state index in [-0.39, 0.29) is 6.10 Å². The van der Waals surface area contributed by atoms with Crippen LogP contribution < -0.4 is 0 Å². The van der Waals surface area contributed by atoms with Crippen LogP contribution in [0.5, 0.6) is 0 Å². The lowest BCUT2D eigenvalue weighted by Gasteiger charge is -2.37. The minimum atomic E-state index is -0.522. The highest BCUT2D eigenvalue weighted by molar-refractivity contribution is 9.09. The van der Waals surface area contributed by atoms with Gasteiger partial charge >= 0.3 is 0 Å². The van der Waals surface area contributed by atoms with Gasteiger partial charge in [0, 0.05) is 7.11 Å². The summed E-state index contributed by atoms with van der Waals surface area (Å²) < 4.78 is 10.8. The van der Waals surface area contributed by atoms with Crippen molar-refractivity contribution in [3.05, 3.63) is 72.0 Å². The molecule has 0 N–H and O–H groups in total. The molecule has 0 bridgehead atoms. The van der Waals surface area contributed by atoms with Crippen LogP contribution >= 0.6 is 15.9 Å². The van der Waals surface area contributed by atoms with Crippen LogP contribution in [0.15, 0.2) is 66.5 Å². The first-order chi connectivity index (χ1) is 10.2. The van der Waals surface area contributed by atoms with E-state index in [0.717, 1.165) is 11.3 Å². The maximum absolute atomic E-state index is 5.69. The molecule has 0 aromatic heterocycles. The van der Waals surface area contributed by atoms with Gasteiger partial charge in [-0.05, 0) is 22.4 Å². The van der Waals surface area contributed by atoms with Gasteiger partial charge in [-0.15, -0.1) is 0 Å². The lowest BCUT2D eigenvalue weighted by atomic mass is 9.85. The summed E-state index contributed by atoms with van der Waals surface area (Å²) >= 11 is 3.91. The number of alkyl halides is 1. The van der Waals surface area contributed by atoms with Gasteiger partial charge in [0.15, 0.2) is 0 Å². The second-order valence-electron chi connectivity index (χ2n) is 5.01. The van der Waals surface area contributed by atoms with E-state index in [4.69, 9.17) is 9.47 Å². The molecule has 2 aromatic rings. The molecule has 2 aromatic carbocycles. The largest absolute Gasteiger partial charge is 0.499 e. The Morgan fingerprint density at radius 1 is 1.05 bits per heavy atom. The summed E-state index contributed by atoms with van der Waals surface area (Å²) in [5, 5.41) is 2.39. The molecule has 0 radical (unpaired) electrons. The number of hydrogen-bond acceptors (Lipinski definition) is 2. The van der Waals surface area contributed by atoms with Crippen molar-refractivity contribution in [2.24, 2.45) is 0 Å². The van der Waals surface area contributed by atoms with E-state index >= 15 is 0 Å². The monoisotopic (exact) mass is 344 g/mol. The van der Waals surface area contributed by atoms with Crippen molar-refractivity contribution < 1.29 is 9.47 Å². The van der Waals surface area contributed by atoms with Crippen molar-refractivity contribution >= 4 is 26.7 Å². The van der Waals surface area contributed by atoms with Crippen LogP contribution in [0.3, 0.4) is 0 Å². The van der Waals surface area contributed by atoms with Gasteiger partial charge in [-0.1, -0.05) is 70.5 Å². The van der Waals surface area contributed by atoms with Crippen LogP contribution in [0, 0.1) is 0 Å². The third-order valence-corrected chi connectivity index (χ3v) is 5.21. The highest BCUT2D eigenvalue weighted by Crippen LogP contribution is 2.47. The Labute approximate surface area is 133 Å². The topological polar surface area (TPSA) is 18.5 Å². The SMILES string of the molecule is COC1=CC=CC(OC)C1(Br)c1cccc2ccccc12. The van der Waals surface area contributed by atoms with Crippen molar-refractivity contribution in [3.63, 3.8) is 0 Å². The van der Waals surface area contributed by atoms with E-state index in [9.17, 15) is 0 Å². The van der Waals surface area contributed by atoms with Crippen molar-refractivity contribution in [1.82, 2.24) is 0 Å². The molecule has 0 spiro atoms. The maximum Gasteiger partial charge on any atom is 0.138 e. The predicted molar refractivity (Wildman–Crippen MR) is 89.6 cm³/mol. The Bertz CT molecular complexity index is 715. The van der Waals surface area contributed by atoms with Crippen LogP contribution in [0.25, 0.3) is 10.8 Å². The first-order valence-corrected chi connectivity index (χ1v) is 7.64. The Morgan fingerprint density at radius 2 is 1.81 bits per heavy atom. The molecule has 0 aliphatic heterocycles. The summed E-state index contributed by atoms with van der Waals surface area (Å²) in [7, 11) is 3.41. The van der Waals surface area contributed by atoms with Crippen LogP contribution in [-0.2, 0) is 13.8 Å². The first-order valence-electron chi connectivity index (χ1n) is 6.84. The number of methoxy groups -OCH3 is 2. The first kappa shape index (κ1) is 14.4. The van der Waals surface area contributed by atoms with Crippen LogP contribution in [0.4, 0.5) is 0 Å². The zero-order chi connectivity index (χ0) is 14.9. The standard InChI is InChI=1S/C18H17BrO2/c1-20-16-11-6-12-17(21-2)18(16,19)15-10-5-8-13-7-3-4-9-14(13)15/h3-12,16H,1-2H3. The van der Waals surface area contributed by atoms with E-state index < -0.39 is 4.32 Å². The van der Waals surface area contributed by atoms with E-state index in [1.165, 1.54) is 10.8 Å². The number of allylic oxidation sites excluding steroid dienone is 2. The highest BCUT2D eigenvalue weighted by atomic mass is 79.9. The number of rotatable bonds is 3. The number of hydrogen-bond donors (Lipinski definition) is 0. The molecule has 1 aliphatic carbocycles. The van der Waals surface area contributed by atoms with Gasteiger partial charge in [-0.25, -0.2) is 0 Å². The van der Waals surface area contributed by atoms with Crippen molar-refractivity contribution in [1.29, 1.82) is 0 Å². The molecular formula is C18H17BrO2. The van der Waals surface area contributed by atoms with Gasteiger partial charge in [0.25, 0.3) is 0 Å². The second-order valence-corrected chi connectivity index (χ2v) is 6.27. The van der Waals surface area contributed by atoms with Crippen molar-refractivity contribution in [2.45, 2.75) is 10.4 Å². The van der Waals surface area contributed by atoms with Gasteiger partial charge in [0.2, 0.25) is 0 Å². The molecule has 0 amide bonds. The molecule has 0 fully saturated rings. The minimum absolute atomic E-state index is 0.136. The average molecular weight is 345 g/mol. The van der Waals surface area contributed by atoms with Gasteiger partial charge in [0.05, 0.1) is 7.11 Å². The summed E-state index contributed by atoms with van der Waals surface area (Å²) in [6.45, 7) is 0. The van der Waals surface area contributed by atoms with Crippen LogP contribution in [0.1, 0.15) is 5.56 Å². The van der Waals surface area contributed by atoms with Crippen molar-refractivity contribution in [2.75, 3.05) is 14.2 Å². The average Bonchev–Trinajstić information content (AvgIpc) is 2.54. The quantitative estimate of drug-likeness (QED) is 0.760. The predicted octanol–water partition coefficient (Wildman–Crippen LogP) is 4.55. The Balaban J connectivity index is 2.28. The fraction of sp³-hybridized carbons (Fsp3) is 0.222. The summed E-state index contributed by atoms with van der Waals surface area (Å²) in [6, 6.07) is 14.7. The van der Waals surface area contributed by atoms with Crippen LogP contribution in [-0.4, -0.2) is 20.3 Å². The van der Waals surface area contributed by atoms with Gasteiger partial charge in [-0.2, -0.15) is 0 Å². The number of fused-ring (bicyclic) bond motifs is 1. The number of benzene rings is 2. The van der Waals surface area contributed by atoms with E-state index in [0.29, 0.717) is 0 Å². The van der Waals surface area contributed by atoms with Crippen molar-refractivity contribution in [3.8, 4) is 0 Å². The van der Waals surface area contributed by atoms with Gasteiger partial charge in [-0.3, -0.25) is 0 Å². The zero-order valence-corrected chi connectivity index (χ0v) is 13.6. The number of halogens is 1. The smallest absolute Gasteiger partial charge is 0.138 e. The lowest BCUT2D eigenvalue weighted by molar-refractivity contribution is 0.0930. The molecule has 21 heavy (non-hydrogen) atoms. The molecular weight excluding hydrogens is 328 g/mol. The molecule has 2 nitrogen and oxygen atoms in total.